The molecule has 3 aromatic carbocycles. The summed E-state index contributed by atoms with van der Waals surface area (Å²) in [5.41, 5.74) is 3.13. The second-order valence-corrected chi connectivity index (χ2v) is 8.07. The third kappa shape index (κ3) is 5.18. The molecule has 0 unspecified atom stereocenters. The van der Waals surface area contributed by atoms with Crippen molar-refractivity contribution in [3.8, 4) is 11.1 Å². The highest BCUT2D eigenvalue weighted by atomic mass is 19.1. The van der Waals surface area contributed by atoms with E-state index in [9.17, 15) is 18.4 Å². The Hall–Kier alpha value is -3.78. The smallest absolute Gasteiger partial charge is 0.408 e. The molecule has 0 radical (unpaired) electrons. The molecule has 0 aliphatic carbocycles. The third-order valence-electron chi connectivity index (χ3n) is 5.36. The van der Waals surface area contributed by atoms with E-state index in [-0.39, 0.29) is 12.5 Å². The average molecular weight is 451 g/mol. The fraction of sp³-hybridized carbons (Fsp3) is 0.200. The van der Waals surface area contributed by atoms with Gasteiger partial charge in [0.15, 0.2) is 5.58 Å². The van der Waals surface area contributed by atoms with Crippen LogP contribution in [-0.4, -0.2) is 47.9 Å². The molecule has 1 aromatic heterocycles. The minimum atomic E-state index is -0.544. The second kappa shape index (κ2) is 9.38. The Labute approximate surface area is 189 Å². The Morgan fingerprint density at radius 3 is 2.36 bits per heavy atom. The van der Waals surface area contributed by atoms with Gasteiger partial charge < -0.3 is 14.2 Å². The van der Waals surface area contributed by atoms with Crippen LogP contribution >= 0.6 is 0 Å². The molecule has 170 valence electrons. The van der Waals surface area contributed by atoms with E-state index in [1.807, 2.05) is 19.0 Å². The molecule has 4 aromatic rings. The van der Waals surface area contributed by atoms with Gasteiger partial charge in [-0.3, -0.25) is 9.78 Å². The highest BCUT2D eigenvalue weighted by molar-refractivity contribution is 5.94. The highest BCUT2D eigenvalue weighted by Crippen LogP contribution is 2.26. The maximum Gasteiger partial charge on any atom is 0.417 e. The first-order valence-corrected chi connectivity index (χ1v) is 10.4. The summed E-state index contributed by atoms with van der Waals surface area (Å²) in [6.07, 6.45) is 0. The van der Waals surface area contributed by atoms with Gasteiger partial charge in [-0.2, -0.15) is 0 Å². The van der Waals surface area contributed by atoms with E-state index in [2.05, 4.69) is 4.98 Å². The fourth-order valence-electron chi connectivity index (χ4n) is 3.55. The molecule has 1 N–H and O–H groups in total. The van der Waals surface area contributed by atoms with Gasteiger partial charge in [-0.05, 0) is 73.8 Å². The van der Waals surface area contributed by atoms with Gasteiger partial charge in [0.05, 0.1) is 5.52 Å². The van der Waals surface area contributed by atoms with Crippen molar-refractivity contribution in [3.63, 3.8) is 0 Å². The van der Waals surface area contributed by atoms with Crippen LogP contribution in [0.3, 0.4) is 0 Å². The lowest BCUT2D eigenvalue weighted by atomic mass is 10.0. The van der Waals surface area contributed by atoms with Crippen LogP contribution < -0.4 is 5.76 Å². The summed E-state index contributed by atoms with van der Waals surface area (Å²) in [5, 5.41) is 0. The molecule has 1 heterocycles. The molecule has 0 fully saturated rings. The molecule has 0 saturated heterocycles. The predicted molar refractivity (Wildman–Crippen MR) is 122 cm³/mol. The van der Waals surface area contributed by atoms with E-state index in [0.29, 0.717) is 35.3 Å². The number of fused-ring (bicyclic) bond motifs is 1. The highest BCUT2D eigenvalue weighted by Gasteiger charge is 2.19. The number of H-pyrrole nitrogens is 1. The zero-order chi connectivity index (χ0) is 23.5. The molecule has 0 spiro atoms. The summed E-state index contributed by atoms with van der Waals surface area (Å²) in [4.78, 5) is 30.6. The van der Waals surface area contributed by atoms with Gasteiger partial charge in [-0.25, -0.2) is 13.6 Å². The van der Waals surface area contributed by atoms with E-state index < -0.39 is 17.4 Å². The molecule has 33 heavy (non-hydrogen) atoms. The van der Waals surface area contributed by atoms with Crippen molar-refractivity contribution < 1.29 is 18.0 Å². The number of benzene rings is 3. The quantitative estimate of drug-likeness (QED) is 0.456. The van der Waals surface area contributed by atoms with E-state index in [1.165, 1.54) is 30.3 Å². The standard InChI is InChI=1S/C25H23F2N3O3/c1-29(2)11-12-30(24(31)16-3-7-20(26)8-4-16)15-19-13-17(5-9-21(19)27)18-6-10-22-23(14-18)33-25(32)28-22/h3-10,13-14H,11-12,15H2,1-2H3,(H,28,32). The molecule has 8 heteroatoms. The van der Waals surface area contributed by atoms with E-state index in [0.717, 1.165) is 11.1 Å². The van der Waals surface area contributed by atoms with Crippen molar-refractivity contribution in [3.05, 3.63) is 94.0 Å². The number of carbonyl (C=O) groups is 1. The van der Waals surface area contributed by atoms with E-state index >= 15 is 0 Å². The van der Waals surface area contributed by atoms with Crippen molar-refractivity contribution in [1.29, 1.82) is 0 Å². The van der Waals surface area contributed by atoms with Crippen LogP contribution in [0.25, 0.3) is 22.2 Å². The van der Waals surface area contributed by atoms with E-state index in [4.69, 9.17) is 4.42 Å². The maximum absolute atomic E-state index is 14.8. The van der Waals surface area contributed by atoms with Crippen LogP contribution in [0.1, 0.15) is 15.9 Å². The number of likely N-dealkylation sites (N-methyl/N-ethyl adjacent to an activating group) is 1. The van der Waals surface area contributed by atoms with Gasteiger partial charge in [-0.15, -0.1) is 0 Å². The number of nitrogens with zero attached hydrogens (tertiary/aromatic N) is 2. The van der Waals surface area contributed by atoms with Gasteiger partial charge in [0.1, 0.15) is 11.6 Å². The lowest BCUT2D eigenvalue weighted by Crippen LogP contribution is -2.36. The molecule has 0 saturated carbocycles. The SMILES string of the molecule is CN(C)CCN(Cc1cc(-c2ccc3[nH]c(=O)oc3c2)ccc1F)C(=O)c1ccc(F)cc1. The lowest BCUT2D eigenvalue weighted by molar-refractivity contribution is 0.0730. The number of amides is 1. The number of hydrogen-bond donors (Lipinski definition) is 1. The van der Waals surface area contributed by atoms with Crippen LogP contribution in [-0.2, 0) is 6.54 Å². The molecule has 0 aliphatic heterocycles. The normalized spacial score (nSPS) is 11.3. The minimum Gasteiger partial charge on any atom is -0.408 e. The first kappa shape index (κ1) is 22.4. The lowest BCUT2D eigenvalue weighted by Gasteiger charge is -2.25. The summed E-state index contributed by atoms with van der Waals surface area (Å²) in [7, 11) is 3.77. The van der Waals surface area contributed by atoms with Crippen LogP contribution in [0.4, 0.5) is 8.78 Å². The fourth-order valence-corrected chi connectivity index (χ4v) is 3.55. The topological polar surface area (TPSA) is 69.6 Å². The number of oxazole rings is 1. The largest absolute Gasteiger partial charge is 0.417 e. The zero-order valence-electron chi connectivity index (χ0n) is 18.3. The average Bonchev–Trinajstić information content (AvgIpc) is 3.17. The number of aromatic amines is 1. The Morgan fingerprint density at radius 1 is 0.939 bits per heavy atom. The molecular formula is C25H23F2N3O3. The van der Waals surface area contributed by atoms with Crippen LogP contribution in [0.5, 0.6) is 0 Å². The van der Waals surface area contributed by atoms with Crippen molar-refractivity contribution in [1.82, 2.24) is 14.8 Å². The first-order chi connectivity index (χ1) is 15.8. The molecule has 0 bridgehead atoms. The Balaban J connectivity index is 1.65. The van der Waals surface area contributed by atoms with Crippen LogP contribution in [0.2, 0.25) is 0 Å². The second-order valence-electron chi connectivity index (χ2n) is 8.07. The summed E-state index contributed by atoms with van der Waals surface area (Å²) in [6.45, 7) is 0.996. The van der Waals surface area contributed by atoms with Gasteiger partial charge in [-0.1, -0.05) is 12.1 Å². The van der Waals surface area contributed by atoms with Crippen molar-refractivity contribution in [2.45, 2.75) is 6.54 Å². The molecular weight excluding hydrogens is 428 g/mol. The summed E-state index contributed by atoms with van der Waals surface area (Å²) in [6, 6.07) is 15.2. The van der Waals surface area contributed by atoms with Crippen molar-refractivity contribution in [2.75, 3.05) is 27.2 Å². The number of aromatic nitrogens is 1. The van der Waals surface area contributed by atoms with Crippen molar-refractivity contribution >= 4 is 17.0 Å². The Bertz CT molecular complexity index is 1340. The summed E-state index contributed by atoms with van der Waals surface area (Å²) < 4.78 is 33.2. The molecule has 0 atom stereocenters. The Kier molecular flexibility index (Phi) is 6.37. The maximum atomic E-state index is 14.8. The number of carbonyl (C=O) groups excluding carboxylic acids is 1. The molecule has 0 aliphatic rings. The predicted octanol–water partition coefficient (Wildman–Crippen LogP) is 4.27. The van der Waals surface area contributed by atoms with Gasteiger partial charge in [0.2, 0.25) is 0 Å². The van der Waals surface area contributed by atoms with Crippen molar-refractivity contribution in [2.24, 2.45) is 0 Å². The number of halogens is 2. The first-order valence-electron chi connectivity index (χ1n) is 10.4. The van der Waals surface area contributed by atoms with Crippen LogP contribution in [0, 0.1) is 11.6 Å². The van der Waals surface area contributed by atoms with Crippen LogP contribution in [0.15, 0.2) is 69.9 Å². The minimum absolute atomic E-state index is 0.0468. The zero-order valence-corrected chi connectivity index (χ0v) is 18.3. The number of rotatable bonds is 7. The van der Waals surface area contributed by atoms with Gasteiger partial charge >= 0.3 is 5.76 Å². The molecule has 6 nitrogen and oxygen atoms in total. The monoisotopic (exact) mass is 451 g/mol. The number of hydrogen-bond acceptors (Lipinski definition) is 4. The van der Waals surface area contributed by atoms with Gasteiger partial charge in [0.25, 0.3) is 5.91 Å². The number of nitrogens with one attached hydrogen (secondary N) is 1. The van der Waals surface area contributed by atoms with Gasteiger partial charge in [0, 0.05) is 30.8 Å². The molecule has 4 rings (SSSR count). The molecule has 1 amide bonds. The summed E-state index contributed by atoms with van der Waals surface area (Å²) >= 11 is 0. The Morgan fingerprint density at radius 2 is 1.64 bits per heavy atom. The van der Waals surface area contributed by atoms with E-state index in [1.54, 1.807) is 35.2 Å². The summed E-state index contributed by atoms with van der Waals surface area (Å²) in [5.74, 6) is -1.72. The third-order valence-corrected chi connectivity index (χ3v) is 5.36.